The van der Waals surface area contributed by atoms with Crippen molar-refractivity contribution < 1.29 is 4.79 Å². The summed E-state index contributed by atoms with van der Waals surface area (Å²) in [5.74, 6) is 0. The maximum atomic E-state index is 12.4. The summed E-state index contributed by atoms with van der Waals surface area (Å²) in [5, 5.41) is 6.96. The second-order valence-electron chi connectivity index (χ2n) is 7.28. The van der Waals surface area contributed by atoms with Gasteiger partial charge in [0.2, 0.25) is 0 Å². The molecule has 1 heterocycles. The van der Waals surface area contributed by atoms with E-state index in [1.807, 2.05) is 26.0 Å². The Kier molecular flexibility index (Phi) is 6.70. The van der Waals surface area contributed by atoms with Crippen molar-refractivity contribution in [2.45, 2.75) is 19.9 Å². The molecule has 3 rings (SSSR count). The minimum Gasteiger partial charge on any atom is -0.369 e. The molecule has 0 saturated carbocycles. The number of hydrogen-bond donors (Lipinski definition) is 2. The van der Waals surface area contributed by atoms with Crippen molar-refractivity contribution in [3.8, 4) is 0 Å². The smallest absolute Gasteiger partial charge is 0.319 e. The molecule has 1 fully saturated rings. The van der Waals surface area contributed by atoms with E-state index in [9.17, 15) is 4.79 Å². The quantitative estimate of drug-likeness (QED) is 0.736. The number of urea groups is 1. The highest BCUT2D eigenvalue weighted by atomic mass is 35.5. The van der Waals surface area contributed by atoms with Gasteiger partial charge >= 0.3 is 6.03 Å². The molecular formula is C21H26Cl2N4O. The highest BCUT2D eigenvalue weighted by Gasteiger charge is 2.16. The number of piperazine rings is 1. The van der Waals surface area contributed by atoms with Gasteiger partial charge in [-0.3, -0.25) is 0 Å². The van der Waals surface area contributed by atoms with Gasteiger partial charge in [-0.05, 0) is 62.4 Å². The lowest BCUT2D eigenvalue weighted by atomic mass is 10.1. The molecule has 5 nitrogen and oxygen atoms in total. The van der Waals surface area contributed by atoms with E-state index >= 15 is 0 Å². The van der Waals surface area contributed by atoms with Gasteiger partial charge in [0.1, 0.15) is 0 Å². The van der Waals surface area contributed by atoms with Crippen LogP contribution in [0, 0.1) is 6.92 Å². The number of benzene rings is 2. The monoisotopic (exact) mass is 420 g/mol. The first-order chi connectivity index (χ1) is 13.3. The zero-order valence-corrected chi connectivity index (χ0v) is 17.9. The molecule has 1 unspecified atom stereocenters. The summed E-state index contributed by atoms with van der Waals surface area (Å²) in [7, 11) is 2.15. The molecule has 1 aliphatic rings. The summed E-state index contributed by atoms with van der Waals surface area (Å²) in [4.78, 5) is 17.1. The number of carbonyl (C=O) groups is 1. The average molecular weight is 421 g/mol. The summed E-state index contributed by atoms with van der Waals surface area (Å²) in [6.07, 6.45) is 0. The summed E-state index contributed by atoms with van der Waals surface area (Å²) < 4.78 is 0. The third-order valence-electron chi connectivity index (χ3n) is 5.10. The number of aryl methyl sites for hydroxylation is 1. The Balaban J connectivity index is 1.62. The van der Waals surface area contributed by atoms with Crippen molar-refractivity contribution in [2.75, 3.05) is 43.4 Å². The maximum absolute atomic E-state index is 12.4. The number of carbonyl (C=O) groups excluding carboxylic acids is 1. The maximum Gasteiger partial charge on any atom is 0.319 e. The predicted molar refractivity (Wildman–Crippen MR) is 118 cm³/mol. The van der Waals surface area contributed by atoms with Crippen LogP contribution in [0.15, 0.2) is 36.4 Å². The van der Waals surface area contributed by atoms with Crippen LogP contribution in [0.25, 0.3) is 0 Å². The number of hydrogen-bond acceptors (Lipinski definition) is 3. The van der Waals surface area contributed by atoms with Gasteiger partial charge in [0.15, 0.2) is 0 Å². The SMILES string of the molecule is Cc1cc(N2CCN(C)CC2)ccc1NC(=O)NC(C)c1ccc(Cl)cc1Cl. The van der Waals surface area contributed by atoms with Gasteiger partial charge in [-0.15, -0.1) is 0 Å². The van der Waals surface area contributed by atoms with Crippen LogP contribution in [0.4, 0.5) is 16.2 Å². The first-order valence-corrected chi connectivity index (χ1v) is 10.2. The van der Waals surface area contributed by atoms with Gasteiger partial charge in [-0.2, -0.15) is 0 Å². The molecule has 0 aromatic heterocycles. The van der Waals surface area contributed by atoms with E-state index in [1.54, 1.807) is 12.1 Å². The molecule has 0 radical (unpaired) electrons. The molecule has 1 atom stereocenters. The van der Waals surface area contributed by atoms with Gasteiger partial charge in [0.25, 0.3) is 0 Å². The molecule has 1 saturated heterocycles. The number of rotatable bonds is 4. The minimum atomic E-state index is -0.269. The Morgan fingerprint density at radius 1 is 1.07 bits per heavy atom. The molecule has 7 heteroatoms. The molecule has 2 N–H and O–H groups in total. The fraction of sp³-hybridized carbons (Fsp3) is 0.381. The summed E-state index contributed by atoms with van der Waals surface area (Å²) >= 11 is 12.2. The topological polar surface area (TPSA) is 47.6 Å². The van der Waals surface area contributed by atoms with E-state index in [0.717, 1.165) is 43.0 Å². The van der Waals surface area contributed by atoms with E-state index in [0.29, 0.717) is 10.0 Å². The van der Waals surface area contributed by atoms with Gasteiger partial charge in [0, 0.05) is 47.6 Å². The summed E-state index contributed by atoms with van der Waals surface area (Å²) in [6, 6.07) is 10.9. The molecule has 0 aliphatic carbocycles. The Hall–Kier alpha value is -1.95. The molecule has 28 heavy (non-hydrogen) atoms. The van der Waals surface area contributed by atoms with Crippen molar-refractivity contribution in [1.29, 1.82) is 0 Å². The van der Waals surface area contributed by atoms with Crippen molar-refractivity contribution in [2.24, 2.45) is 0 Å². The normalized spacial score (nSPS) is 16.0. The van der Waals surface area contributed by atoms with E-state index in [-0.39, 0.29) is 12.1 Å². The average Bonchev–Trinajstić information content (AvgIpc) is 2.64. The zero-order chi connectivity index (χ0) is 20.3. The Morgan fingerprint density at radius 2 is 1.79 bits per heavy atom. The summed E-state index contributed by atoms with van der Waals surface area (Å²) in [6.45, 7) is 8.05. The number of likely N-dealkylation sites (N-methyl/N-ethyl adjacent to an activating group) is 1. The molecule has 2 aromatic carbocycles. The second kappa shape index (κ2) is 9.03. The first kappa shape index (κ1) is 20.8. The lowest BCUT2D eigenvalue weighted by Gasteiger charge is -2.34. The molecular weight excluding hydrogens is 395 g/mol. The first-order valence-electron chi connectivity index (χ1n) is 9.40. The van der Waals surface area contributed by atoms with E-state index in [4.69, 9.17) is 23.2 Å². The molecule has 150 valence electrons. The molecule has 0 bridgehead atoms. The van der Waals surface area contributed by atoms with Gasteiger partial charge < -0.3 is 20.4 Å². The zero-order valence-electron chi connectivity index (χ0n) is 16.4. The molecule has 0 spiro atoms. The third-order valence-corrected chi connectivity index (χ3v) is 5.67. The highest BCUT2D eigenvalue weighted by molar-refractivity contribution is 6.35. The Bertz CT molecular complexity index is 850. The van der Waals surface area contributed by atoms with Crippen LogP contribution in [-0.4, -0.2) is 44.2 Å². The van der Waals surface area contributed by atoms with Gasteiger partial charge in [0.05, 0.1) is 6.04 Å². The molecule has 2 aromatic rings. The number of nitrogens with one attached hydrogen (secondary N) is 2. The third kappa shape index (κ3) is 5.10. The number of halogens is 2. The van der Waals surface area contributed by atoms with Crippen LogP contribution in [0.2, 0.25) is 10.0 Å². The van der Waals surface area contributed by atoms with E-state index in [1.165, 1.54) is 5.69 Å². The van der Waals surface area contributed by atoms with Crippen LogP contribution in [0.5, 0.6) is 0 Å². The van der Waals surface area contributed by atoms with Crippen LogP contribution in [0.1, 0.15) is 24.1 Å². The number of anilines is 2. The van der Waals surface area contributed by atoms with E-state index < -0.39 is 0 Å². The predicted octanol–water partition coefficient (Wildman–Crippen LogP) is 4.94. The molecule has 2 amide bonds. The minimum absolute atomic E-state index is 0.241. The van der Waals surface area contributed by atoms with Crippen molar-refractivity contribution >= 4 is 40.6 Å². The Morgan fingerprint density at radius 3 is 2.43 bits per heavy atom. The summed E-state index contributed by atoms with van der Waals surface area (Å²) in [5.41, 5.74) is 3.84. The Labute approximate surface area is 176 Å². The van der Waals surface area contributed by atoms with Crippen LogP contribution in [-0.2, 0) is 0 Å². The van der Waals surface area contributed by atoms with E-state index in [2.05, 4.69) is 39.6 Å². The lowest BCUT2D eigenvalue weighted by Crippen LogP contribution is -2.44. The van der Waals surface area contributed by atoms with Crippen LogP contribution < -0.4 is 15.5 Å². The molecule has 1 aliphatic heterocycles. The van der Waals surface area contributed by atoms with Gasteiger partial charge in [-0.25, -0.2) is 4.79 Å². The fourth-order valence-electron chi connectivity index (χ4n) is 3.33. The van der Waals surface area contributed by atoms with Crippen molar-refractivity contribution in [3.05, 3.63) is 57.6 Å². The van der Waals surface area contributed by atoms with Gasteiger partial charge in [-0.1, -0.05) is 29.3 Å². The highest BCUT2D eigenvalue weighted by Crippen LogP contribution is 2.27. The van der Waals surface area contributed by atoms with Crippen LogP contribution >= 0.6 is 23.2 Å². The van der Waals surface area contributed by atoms with Crippen molar-refractivity contribution in [3.63, 3.8) is 0 Å². The fourth-order valence-corrected chi connectivity index (χ4v) is 3.91. The van der Waals surface area contributed by atoms with Crippen molar-refractivity contribution in [1.82, 2.24) is 10.2 Å². The standard InChI is InChI=1S/C21H26Cl2N4O/c1-14-12-17(27-10-8-26(3)9-11-27)5-7-20(14)25-21(28)24-15(2)18-6-4-16(22)13-19(18)23/h4-7,12-13,15H,8-11H2,1-3H3,(H2,24,25,28). The number of nitrogens with zero attached hydrogens (tertiary/aromatic N) is 2. The number of amides is 2. The second-order valence-corrected chi connectivity index (χ2v) is 8.12. The lowest BCUT2D eigenvalue weighted by molar-refractivity contribution is 0.249. The largest absolute Gasteiger partial charge is 0.369 e. The van der Waals surface area contributed by atoms with Crippen LogP contribution in [0.3, 0.4) is 0 Å².